The molecule has 2 heterocycles. The number of carbonyl (C=O) groups excluding carboxylic acids is 1. The first-order valence-electron chi connectivity index (χ1n) is 10.7. The van der Waals surface area contributed by atoms with Gasteiger partial charge in [-0.15, -0.1) is 10.2 Å². The van der Waals surface area contributed by atoms with Gasteiger partial charge < -0.3 is 15.0 Å². The first kappa shape index (κ1) is 22.8. The zero-order chi connectivity index (χ0) is 23.8. The molecule has 0 saturated carbocycles. The Morgan fingerprint density at radius 3 is 2.53 bits per heavy atom. The molecule has 8 nitrogen and oxygen atoms in total. The third-order valence-electron chi connectivity index (χ3n) is 5.01. The van der Waals surface area contributed by atoms with Crippen molar-refractivity contribution in [2.75, 3.05) is 0 Å². The van der Waals surface area contributed by atoms with Gasteiger partial charge in [0.25, 0.3) is 5.56 Å². The van der Waals surface area contributed by atoms with Gasteiger partial charge in [-0.25, -0.2) is 4.39 Å². The van der Waals surface area contributed by atoms with E-state index in [1.54, 1.807) is 48.8 Å². The lowest BCUT2D eigenvalue weighted by atomic mass is 10.2. The number of nitrogens with one attached hydrogen (secondary N) is 2. The first-order chi connectivity index (χ1) is 16.6. The summed E-state index contributed by atoms with van der Waals surface area (Å²) in [5.74, 6) is 0.411. The van der Waals surface area contributed by atoms with Crippen molar-refractivity contribution >= 4 is 5.91 Å². The summed E-state index contributed by atoms with van der Waals surface area (Å²) in [5, 5.41) is 10.9. The molecule has 1 amide bonds. The van der Waals surface area contributed by atoms with E-state index >= 15 is 0 Å². The van der Waals surface area contributed by atoms with E-state index in [1.165, 1.54) is 12.1 Å². The number of carbonyl (C=O) groups is 1. The van der Waals surface area contributed by atoms with E-state index in [2.05, 4.69) is 25.5 Å². The van der Waals surface area contributed by atoms with Crippen LogP contribution in [-0.4, -0.2) is 26.1 Å². The standard InChI is InChI=1S/C25H22FN5O3/c26-20-3-1-2-18(14-20)16-34-21-6-4-19(5-7-21)24-29-25(33)22(30-31-24)8-9-23(32)28-15-17-10-12-27-13-11-17/h1-7,10-14H,8-9,15-16H2,(H,28,32)(H,29,31,33). The van der Waals surface area contributed by atoms with E-state index in [1.807, 2.05) is 12.1 Å². The number of aromatic nitrogens is 4. The van der Waals surface area contributed by atoms with E-state index in [0.29, 0.717) is 23.7 Å². The molecule has 2 aromatic heterocycles. The van der Waals surface area contributed by atoms with Crippen LogP contribution in [0.2, 0.25) is 0 Å². The fraction of sp³-hybridized carbons (Fsp3) is 0.160. The Balaban J connectivity index is 1.30. The van der Waals surface area contributed by atoms with Gasteiger partial charge in [-0.05, 0) is 59.7 Å². The number of rotatable bonds is 9. The lowest BCUT2D eigenvalue weighted by Crippen LogP contribution is -2.25. The maximum atomic E-state index is 13.3. The van der Waals surface area contributed by atoms with Crippen molar-refractivity contribution < 1.29 is 13.9 Å². The highest BCUT2D eigenvalue weighted by Crippen LogP contribution is 2.19. The second kappa shape index (κ2) is 11.0. The Morgan fingerprint density at radius 1 is 1.00 bits per heavy atom. The fourth-order valence-corrected chi connectivity index (χ4v) is 3.18. The molecule has 0 atom stereocenters. The van der Waals surface area contributed by atoms with Crippen LogP contribution in [0.25, 0.3) is 11.4 Å². The molecular weight excluding hydrogens is 437 g/mol. The predicted octanol–water partition coefficient (Wildman–Crippen LogP) is 3.19. The van der Waals surface area contributed by atoms with E-state index in [4.69, 9.17) is 4.74 Å². The zero-order valence-electron chi connectivity index (χ0n) is 18.2. The van der Waals surface area contributed by atoms with Crippen LogP contribution in [-0.2, 0) is 24.4 Å². The van der Waals surface area contributed by atoms with Crippen LogP contribution in [0, 0.1) is 5.82 Å². The summed E-state index contributed by atoms with van der Waals surface area (Å²) in [4.78, 5) is 31.1. The van der Waals surface area contributed by atoms with E-state index in [0.717, 1.165) is 11.1 Å². The minimum Gasteiger partial charge on any atom is -0.489 e. The first-order valence-corrected chi connectivity index (χ1v) is 10.7. The summed E-state index contributed by atoms with van der Waals surface area (Å²) in [7, 11) is 0. The Morgan fingerprint density at radius 2 is 1.79 bits per heavy atom. The molecule has 0 aliphatic rings. The Bertz CT molecular complexity index is 1310. The quantitative estimate of drug-likeness (QED) is 0.398. The van der Waals surface area contributed by atoms with Crippen LogP contribution in [0.4, 0.5) is 4.39 Å². The second-order valence-electron chi connectivity index (χ2n) is 7.52. The van der Waals surface area contributed by atoms with Gasteiger partial charge in [0, 0.05) is 37.3 Å². The van der Waals surface area contributed by atoms with Crippen molar-refractivity contribution in [3.8, 4) is 17.1 Å². The topological polar surface area (TPSA) is 110 Å². The fourth-order valence-electron chi connectivity index (χ4n) is 3.18. The third-order valence-corrected chi connectivity index (χ3v) is 5.01. The van der Waals surface area contributed by atoms with Gasteiger partial charge in [-0.1, -0.05) is 12.1 Å². The van der Waals surface area contributed by atoms with Crippen LogP contribution in [0.15, 0.2) is 77.9 Å². The largest absolute Gasteiger partial charge is 0.489 e. The Labute approximate surface area is 194 Å². The van der Waals surface area contributed by atoms with Crippen molar-refractivity contribution in [2.45, 2.75) is 26.0 Å². The van der Waals surface area contributed by atoms with Crippen molar-refractivity contribution in [1.29, 1.82) is 0 Å². The molecule has 4 aromatic rings. The van der Waals surface area contributed by atoms with Crippen molar-refractivity contribution in [2.24, 2.45) is 0 Å². The van der Waals surface area contributed by atoms with Crippen LogP contribution >= 0.6 is 0 Å². The number of aromatic amines is 1. The summed E-state index contributed by atoms with van der Waals surface area (Å²) >= 11 is 0. The molecule has 0 aliphatic carbocycles. The molecule has 2 N–H and O–H groups in total. The second-order valence-corrected chi connectivity index (χ2v) is 7.52. The number of pyridine rings is 1. The molecule has 0 unspecified atom stereocenters. The maximum absolute atomic E-state index is 13.3. The van der Waals surface area contributed by atoms with Gasteiger partial charge in [0.15, 0.2) is 5.82 Å². The zero-order valence-corrected chi connectivity index (χ0v) is 18.2. The number of ether oxygens (including phenoxy) is 1. The molecule has 0 spiro atoms. The van der Waals surface area contributed by atoms with Crippen molar-refractivity contribution in [3.05, 3.63) is 106 Å². The van der Waals surface area contributed by atoms with E-state index in [-0.39, 0.29) is 36.9 Å². The van der Waals surface area contributed by atoms with Crippen molar-refractivity contribution in [1.82, 2.24) is 25.5 Å². The monoisotopic (exact) mass is 459 g/mol. The summed E-state index contributed by atoms with van der Waals surface area (Å²) < 4.78 is 18.9. The van der Waals surface area contributed by atoms with Gasteiger partial charge in [0.1, 0.15) is 23.9 Å². The summed E-state index contributed by atoms with van der Waals surface area (Å²) in [5.41, 5.74) is 2.12. The number of H-pyrrole nitrogens is 1. The highest BCUT2D eigenvalue weighted by molar-refractivity contribution is 5.76. The molecule has 172 valence electrons. The molecule has 0 saturated heterocycles. The number of aryl methyl sites for hydroxylation is 1. The molecule has 34 heavy (non-hydrogen) atoms. The minimum atomic E-state index is -0.390. The smallest absolute Gasteiger partial charge is 0.273 e. The molecule has 2 aromatic carbocycles. The summed E-state index contributed by atoms with van der Waals surface area (Å²) in [6, 6.07) is 16.8. The van der Waals surface area contributed by atoms with Gasteiger partial charge in [-0.3, -0.25) is 14.6 Å². The number of benzene rings is 2. The van der Waals surface area contributed by atoms with Gasteiger partial charge in [0.05, 0.1) is 0 Å². The van der Waals surface area contributed by atoms with Gasteiger partial charge in [-0.2, -0.15) is 0 Å². The minimum absolute atomic E-state index is 0.125. The summed E-state index contributed by atoms with van der Waals surface area (Å²) in [6.07, 6.45) is 3.62. The highest BCUT2D eigenvalue weighted by Gasteiger charge is 2.10. The summed E-state index contributed by atoms with van der Waals surface area (Å²) in [6.45, 7) is 0.628. The average Bonchev–Trinajstić information content (AvgIpc) is 2.86. The molecular formula is C25H22FN5O3. The molecule has 0 aliphatic heterocycles. The lowest BCUT2D eigenvalue weighted by molar-refractivity contribution is -0.121. The Kier molecular flexibility index (Phi) is 7.34. The number of amides is 1. The SMILES string of the molecule is O=C(CCc1nnc(-c2ccc(OCc3cccc(F)c3)cc2)[nH]c1=O)NCc1ccncc1. The molecule has 4 rings (SSSR count). The number of halogens is 1. The predicted molar refractivity (Wildman–Crippen MR) is 123 cm³/mol. The van der Waals surface area contributed by atoms with Gasteiger partial charge >= 0.3 is 0 Å². The number of nitrogens with zero attached hydrogens (tertiary/aromatic N) is 3. The van der Waals surface area contributed by atoms with Crippen LogP contribution < -0.4 is 15.6 Å². The van der Waals surface area contributed by atoms with E-state index in [9.17, 15) is 14.0 Å². The number of hydrogen-bond donors (Lipinski definition) is 2. The number of hydrogen-bond acceptors (Lipinski definition) is 6. The normalized spacial score (nSPS) is 10.6. The van der Waals surface area contributed by atoms with E-state index < -0.39 is 5.56 Å². The Hall–Kier alpha value is -4.40. The molecule has 0 bridgehead atoms. The third kappa shape index (κ3) is 6.32. The highest BCUT2D eigenvalue weighted by atomic mass is 19.1. The molecule has 0 radical (unpaired) electrons. The maximum Gasteiger partial charge on any atom is 0.273 e. The van der Waals surface area contributed by atoms with Crippen LogP contribution in [0.5, 0.6) is 5.75 Å². The molecule has 9 heteroatoms. The molecule has 0 fully saturated rings. The van der Waals surface area contributed by atoms with Gasteiger partial charge in [0.2, 0.25) is 5.91 Å². The lowest BCUT2D eigenvalue weighted by Gasteiger charge is -2.08. The van der Waals surface area contributed by atoms with Crippen molar-refractivity contribution in [3.63, 3.8) is 0 Å². The van der Waals surface area contributed by atoms with Crippen LogP contribution in [0.1, 0.15) is 23.2 Å². The van der Waals surface area contributed by atoms with Crippen LogP contribution in [0.3, 0.4) is 0 Å². The average molecular weight is 459 g/mol.